The van der Waals surface area contributed by atoms with Crippen molar-refractivity contribution in [2.75, 3.05) is 20.8 Å². The number of fused-ring (bicyclic) bond motifs is 7. The molecule has 2 N–H and O–H groups in total. The Morgan fingerprint density at radius 1 is 0.963 bits per heavy atom. The molecule has 0 unspecified atom stereocenters. The van der Waals surface area contributed by atoms with E-state index in [4.69, 9.17) is 9.47 Å². The smallest absolute Gasteiger partial charge is 0.161 e. The Kier molecular flexibility index (Phi) is 3.71. The second-order valence-electron chi connectivity index (χ2n) is 7.50. The molecule has 1 saturated heterocycles. The van der Waals surface area contributed by atoms with Crippen LogP contribution in [0.3, 0.4) is 0 Å². The van der Waals surface area contributed by atoms with Gasteiger partial charge in [-0.1, -0.05) is 6.07 Å². The summed E-state index contributed by atoms with van der Waals surface area (Å²) in [6.45, 7) is 1.84. The van der Waals surface area contributed by atoms with E-state index in [1.54, 1.807) is 26.4 Å². The molecule has 0 aromatic heterocycles. The Balaban J connectivity index is 1.93. The Morgan fingerprint density at radius 2 is 1.67 bits per heavy atom. The highest BCUT2D eigenvalue weighted by molar-refractivity contribution is 6.12. The van der Waals surface area contributed by atoms with E-state index < -0.39 is 6.10 Å². The van der Waals surface area contributed by atoms with E-state index in [1.165, 1.54) is 0 Å². The Labute approximate surface area is 157 Å². The molecule has 0 spiro atoms. The number of aromatic hydroxyl groups is 1. The second kappa shape index (κ2) is 6.01. The van der Waals surface area contributed by atoms with Crippen molar-refractivity contribution in [3.8, 4) is 17.2 Å². The number of benzene rings is 3. The summed E-state index contributed by atoms with van der Waals surface area (Å²) in [5.74, 6) is 1.54. The molecule has 0 aliphatic carbocycles. The topological polar surface area (TPSA) is 62.2 Å². The summed E-state index contributed by atoms with van der Waals surface area (Å²) in [5.41, 5.74) is 2.14. The lowest BCUT2D eigenvalue weighted by atomic mass is 9.83. The molecule has 0 radical (unpaired) electrons. The standard InChI is InChI=1S/C22H23NO4/c1-26-19-9-15-14-8-12(24)5-6-13(14)21-17(16(15)10-20(19)27-2)11-23-7-3-4-18(23)22(21)25/h5-6,8-10,18,22,24-25H,3-4,7,11H2,1-2H3/t18-,22-/m0/s1. The third-order valence-electron chi connectivity index (χ3n) is 6.19. The number of hydrogen-bond donors (Lipinski definition) is 2. The summed E-state index contributed by atoms with van der Waals surface area (Å²) in [7, 11) is 3.26. The van der Waals surface area contributed by atoms with Gasteiger partial charge in [-0.05, 0) is 76.3 Å². The summed E-state index contributed by atoms with van der Waals surface area (Å²) < 4.78 is 11.0. The van der Waals surface area contributed by atoms with Crippen LogP contribution in [0.1, 0.15) is 30.1 Å². The van der Waals surface area contributed by atoms with Crippen LogP contribution >= 0.6 is 0 Å². The third-order valence-corrected chi connectivity index (χ3v) is 6.19. The average molecular weight is 365 g/mol. The van der Waals surface area contributed by atoms with E-state index >= 15 is 0 Å². The highest BCUT2D eigenvalue weighted by atomic mass is 16.5. The number of hydrogen-bond acceptors (Lipinski definition) is 5. The van der Waals surface area contributed by atoms with Crippen LogP contribution in [0.4, 0.5) is 0 Å². The minimum atomic E-state index is -0.527. The fraction of sp³-hybridized carbons (Fsp3) is 0.364. The zero-order chi connectivity index (χ0) is 18.7. The van der Waals surface area contributed by atoms with Gasteiger partial charge in [-0.2, -0.15) is 0 Å². The number of methoxy groups -OCH3 is 2. The Morgan fingerprint density at radius 3 is 2.41 bits per heavy atom. The zero-order valence-electron chi connectivity index (χ0n) is 15.5. The van der Waals surface area contributed by atoms with E-state index in [2.05, 4.69) is 4.90 Å². The van der Waals surface area contributed by atoms with Crippen molar-refractivity contribution in [1.82, 2.24) is 4.90 Å². The zero-order valence-corrected chi connectivity index (χ0v) is 15.5. The van der Waals surface area contributed by atoms with Gasteiger partial charge in [0.25, 0.3) is 0 Å². The molecule has 140 valence electrons. The van der Waals surface area contributed by atoms with Gasteiger partial charge in [0.2, 0.25) is 0 Å². The van der Waals surface area contributed by atoms with Gasteiger partial charge in [0.05, 0.1) is 20.3 Å². The fourth-order valence-corrected chi connectivity index (χ4v) is 4.96. The van der Waals surface area contributed by atoms with Gasteiger partial charge in [0.1, 0.15) is 5.75 Å². The average Bonchev–Trinajstić information content (AvgIpc) is 3.16. The van der Waals surface area contributed by atoms with Gasteiger partial charge in [0.15, 0.2) is 11.5 Å². The number of rotatable bonds is 2. The SMILES string of the molecule is COc1cc2c3c(c4ccc(O)cc4c2cc1OC)[C@@H](O)[C@@H]1CCCN1C3. The number of phenols is 1. The Hall–Kier alpha value is -2.50. The quantitative estimate of drug-likeness (QED) is 0.678. The summed E-state index contributed by atoms with van der Waals surface area (Å²) in [6, 6.07) is 9.54. The van der Waals surface area contributed by atoms with Crippen LogP contribution in [0, 0.1) is 0 Å². The van der Waals surface area contributed by atoms with Crippen LogP contribution in [-0.2, 0) is 6.54 Å². The fourth-order valence-electron chi connectivity index (χ4n) is 4.96. The van der Waals surface area contributed by atoms with Crippen LogP contribution in [-0.4, -0.2) is 41.9 Å². The van der Waals surface area contributed by atoms with E-state index in [-0.39, 0.29) is 11.8 Å². The van der Waals surface area contributed by atoms with E-state index in [9.17, 15) is 10.2 Å². The van der Waals surface area contributed by atoms with Crippen molar-refractivity contribution in [1.29, 1.82) is 0 Å². The van der Waals surface area contributed by atoms with Crippen molar-refractivity contribution in [2.24, 2.45) is 0 Å². The number of phenolic OH excluding ortho intramolecular Hbond substituents is 1. The van der Waals surface area contributed by atoms with Crippen molar-refractivity contribution in [3.63, 3.8) is 0 Å². The molecule has 2 atom stereocenters. The van der Waals surface area contributed by atoms with Crippen LogP contribution in [0.5, 0.6) is 17.2 Å². The maximum Gasteiger partial charge on any atom is 0.161 e. The predicted molar refractivity (Wildman–Crippen MR) is 105 cm³/mol. The van der Waals surface area contributed by atoms with Gasteiger partial charge >= 0.3 is 0 Å². The van der Waals surface area contributed by atoms with Crippen LogP contribution in [0.15, 0.2) is 30.3 Å². The number of aliphatic hydroxyl groups is 1. The highest BCUT2D eigenvalue weighted by Gasteiger charge is 2.38. The highest BCUT2D eigenvalue weighted by Crippen LogP contribution is 2.47. The number of nitrogens with zero attached hydrogens (tertiary/aromatic N) is 1. The summed E-state index contributed by atoms with van der Waals surface area (Å²) in [4.78, 5) is 2.38. The molecule has 1 fully saturated rings. The minimum absolute atomic E-state index is 0.173. The molecule has 2 heterocycles. The molecular formula is C22H23NO4. The van der Waals surface area contributed by atoms with Crippen molar-refractivity contribution >= 4 is 21.5 Å². The van der Waals surface area contributed by atoms with Gasteiger partial charge in [-0.25, -0.2) is 0 Å². The first-order valence-electron chi connectivity index (χ1n) is 9.37. The lowest BCUT2D eigenvalue weighted by Gasteiger charge is -2.37. The molecule has 0 amide bonds. The van der Waals surface area contributed by atoms with Gasteiger partial charge in [0, 0.05) is 12.6 Å². The van der Waals surface area contributed by atoms with Crippen molar-refractivity contribution < 1.29 is 19.7 Å². The van der Waals surface area contributed by atoms with Crippen LogP contribution < -0.4 is 9.47 Å². The molecule has 0 saturated carbocycles. The van der Waals surface area contributed by atoms with Crippen molar-refractivity contribution in [3.05, 3.63) is 41.5 Å². The lowest BCUT2D eigenvalue weighted by Crippen LogP contribution is -2.39. The monoisotopic (exact) mass is 365 g/mol. The maximum atomic E-state index is 11.2. The minimum Gasteiger partial charge on any atom is -0.508 e. The molecule has 5 rings (SSSR count). The van der Waals surface area contributed by atoms with Gasteiger partial charge in [-0.15, -0.1) is 0 Å². The summed E-state index contributed by atoms with van der Waals surface area (Å²) in [6.07, 6.45) is 1.61. The largest absolute Gasteiger partial charge is 0.508 e. The molecule has 2 aliphatic heterocycles. The van der Waals surface area contributed by atoms with E-state index in [0.29, 0.717) is 11.5 Å². The molecule has 5 nitrogen and oxygen atoms in total. The van der Waals surface area contributed by atoms with E-state index in [0.717, 1.165) is 58.6 Å². The molecule has 2 aliphatic rings. The lowest BCUT2D eigenvalue weighted by molar-refractivity contribution is 0.0552. The summed E-state index contributed by atoms with van der Waals surface area (Å²) >= 11 is 0. The van der Waals surface area contributed by atoms with E-state index in [1.807, 2.05) is 18.2 Å². The van der Waals surface area contributed by atoms with Gasteiger partial charge < -0.3 is 19.7 Å². The normalized spacial score (nSPS) is 22.0. The third kappa shape index (κ3) is 2.32. The molecule has 3 aromatic rings. The van der Waals surface area contributed by atoms with Crippen LogP contribution in [0.2, 0.25) is 0 Å². The molecular weight excluding hydrogens is 342 g/mol. The van der Waals surface area contributed by atoms with Crippen LogP contribution in [0.25, 0.3) is 21.5 Å². The molecule has 3 aromatic carbocycles. The Bertz CT molecular complexity index is 1060. The molecule has 5 heteroatoms. The first-order chi connectivity index (χ1) is 13.1. The second-order valence-corrected chi connectivity index (χ2v) is 7.50. The van der Waals surface area contributed by atoms with Crippen molar-refractivity contribution in [2.45, 2.75) is 31.5 Å². The predicted octanol–water partition coefficient (Wildman–Crippen LogP) is 3.73. The molecule has 0 bridgehead atoms. The maximum absolute atomic E-state index is 11.2. The first kappa shape index (κ1) is 16.7. The first-order valence-corrected chi connectivity index (χ1v) is 9.37. The van der Waals surface area contributed by atoms with Gasteiger partial charge in [-0.3, -0.25) is 4.90 Å². The number of ether oxygens (including phenoxy) is 2. The number of aliphatic hydroxyl groups excluding tert-OH is 1. The summed E-state index contributed by atoms with van der Waals surface area (Å²) in [5, 5.41) is 25.3. The molecule has 27 heavy (non-hydrogen) atoms.